The molecule has 1 saturated heterocycles. The molecular formula is C35H42N2O7Si. The molecule has 2 heterocycles. The van der Waals surface area contributed by atoms with E-state index in [4.69, 9.17) is 18.6 Å². The number of nitrogens with one attached hydrogen (secondary N) is 1. The highest BCUT2D eigenvalue weighted by atomic mass is 28.4. The third kappa shape index (κ3) is 6.47. The Hall–Kier alpha value is -3.80. The molecular weight excluding hydrogens is 588 g/mol. The van der Waals surface area contributed by atoms with Gasteiger partial charge in [-0.25, -0.2) is 4.79 Å². The number of aromatic amines is 1. The zero-order valence-electron chi connectivity index (χ0n) is 26.6. The Morgan fingerprint density at radius 3 is 1.93 bits per heavy atom. The highest BCUT2D eigenvalue weighted by Crippen LogP contribution is 2.44. The first-order chi connectivity index (χ1) is 21.4. The van der Waals surface area contributed by atoms with Crippen LogP contribution in [-0.2, 0) is 19.5 Å². The van der Waals surface area contributed by atoms with Gasteiger partial charge in [0.15, 0.2) is 14.5 Å². The quantitative estimate of drug-likeness (QED) is 0.183. The SMILES string of the molecule is COc1ccc(C(OC[C@H]2O[C@@H](n3ccc(=O)[nH]c3=O)[C@H](O)[C@@H]2O[Si](C)(C)C(C)(C)C)(c2ccccc2)c2ccccc2)cc1. The number of aliphatic hydroxyl groups is 1. The van der Waals surface area contributed by atoms with Crippen molar-refractivity contribution in [2.45, 2.75) is 69.0 Å². The number of nitrogens with zero attached hydrogens (tertiary/aromatic N) is 1. The molecule has 9 nitrogen and oxygen atoms in total. The molecule has 4 atom stereocenters. The third-order valence-electron chi connectivity index (χ3n) is 8.99. The molecule has 0 saturated carbocycles. The largest absolute Gasteiger partial charge is 0.497 e. The van der Waals surface area contributed by atoms with Crippen molar-refractivity contribution in [3.05, 3.63) is 135 Å². The number of benzene rings is 3. The van der Waals surface area contributed by atoms with Crippen LogP contribution >= 0.6 is 0 Å². The normalized spacial score (nSPS) is 20.7. The number of hydrogen-bond acceptors (Lipinski definition) is 7. The molecule has 0 spiro atoms. The summed E-state index contributed by atoms with van der Waals surface area (Å²) in [6.45, 7) is 10.6. The van der Waals surface area contributed by atoms with Gasteiger partial charge in [0.1, 0.15) is 29.7 Å². The molecule has 1 aromatic heterocycles. The molecule has 0 aliphatic carbocycles. The highest BCUT2D eigenvalue weighted by molar-refractivity contribution is 6.74. The van der Waals surface area contributed by atoms with E-state index in [1.54, 1.807) is 7.11 Å². The monoisotopic (exact) mass is 630 g/mol. The molecule has 10 heteroatoms. The summed E-state index contributed by atoms with van der Waals surface area (Å²) >= 11 is 0. The summed E-state index contributed by atoms with van der Waals surface area (Å²) in [5.41, 5.74) is 0.380. The Bertz CT molecular complexity index is 1640. The zero-order chi connectivity index (χ0) is 32.4. The van der Waals surface area contributed by atoms with Gasteiger partial charge < -0.3 is 23.7 Å². The first-order valence-electron chi connectivity index (χ1n) is 15.1. The molecule has 0 bridgehead atoms. The van der Waals surface area contributed by atoms with Gasteiger partial charge in [0.25, 0.3) is 5.56 Å². The lowest BCUT2D eigenvalue weighted by atomic mass is 9.80. The minimum atomic E-state index is -2.44. The van der Waals surface area contributed by atoms with Crippen LogP contribution in [0.15, 0.2) is 107 Å². The summed E-state index contributed by atoms with van der Waals surface area (Å²) in [5, 5.41) is 11.5. The van der Waals surface area contributed by atoms with Gasteiger partial charge in [-0.1, -0.05) is 93.6 Å². The summed E-state index contributed by atoms with van der Waals surface area (Å²) in [5.74, 6) is 0.716. The van der Waals surface area contributed by atoms with E-state index in [0.29, 0.717) is 5.75 Å². The third-order valence-corrected chi connectivity index (χ3v) is 13.5. The predicted octanol–water partition coefficient (Wildman–Crippen LogP) is 5.20. The van der Waals surface area contributed by atoms with E-state index in [1.165, 1.54) is 16.8 Å². The van der Waals surface area contributed by atoms with Crippen molar-refractivity contribution in [1.82, 2.24) is 9.55 Å². The molecule has 238 valence electrons. The average molecular weight is 631 g/mol. The van der Waals surface area contributed by atoms with Crippen molar-refractivity contribution >= 4 is 8.32 Å². The van der Waals surface area contributed by atoms with Crippen LogP contribution in [0.4, 0.5) is 0 Å². The fraction of sp³-hybridized carbons (Fsp3) is 0.371. The van der Waals surface area contributed by atoms with Crippen LogP contribution in [0.1, 0.15) is 43.7 Å². The number of H-pyrrole nitrogens is 1. The lowest BCUT2D eigenvalue weighted by Crippen LogP contribution is -2.50. The minimum Gasteiger partial charge on any atom is -0.497 e. The molecule has 1 aliphatic rings. The topological polar surface area (TPSA) is 112 Å². The molecule has 0 radical (unpaired) electrons. The first-order valence-corrected chi connectivity index (χ1v) is 18.0. The Labute approximate surface area is 264 Å². The zero-order valence-corrected chi connectivity index (χ0v) is 27.6. The molecule has 0 unspecified atom stereocenters. The smallest absolute Gasteiger partial charge is 0.330 e. The van der Waals surface area contributed by atoms with E-state index >= 15 is 0 Å². The van der Waals surface area contributed by atoms with Crippen molar-refractivity contribution < 1.29 is 23.7 Å². The number of ether oxygens (including phenoxy) is 3. The molecule has 3 aromatic carbocycles. The molecule has 45 heavy (non-hydrogen) atoms. The van der Waals surface area contributed by atoms with Crippen molar-refractivity contribution in [3.63, 3.8) is 0 Å². The van der Waals surface area contributed by atoms with E-state index < -0.39 is 49.7 Å². The molecule has 1 fully saturated rings. The van der Waals surface area contributed by atoms with E-state index in [9.17, 15) is 14.7 Å². The van der Waals surface area contributed by atoms with E-state index in [0.717, 1.165) is 16.7 Å². The summed E-state index contributed by atoms with van der Waals surface area (Å²) in [6, 6.07) is 28.9. The van der Waals surface area contributed by atoms with Crippen LogP contribution < -0.4 is 16.0 Å². The maximum atomic E-state index is 12.8. The fourth-order valence-electron chi connectivity index (χ4n) is 5.50. The maximum Gasteiger partial charge on any atom is 0.330 e. The van der Waals surface area contributed by atoms with Gasteiger partial charge in [0.2, 0.25) is 0 Å². The lowest BCUT2D eigenvalue weighted by molar-refractivity contribution is -0.0948. The van der Waals surface area contributed by atoms with Crippen LogP contribution in [-0.4, -0.2) is 55.0 Å². The van der Waals surface area contributed by atoms with Crippen LogP contribution in [0, 0.1) is 0 Å². The van der Waals surface area contributed by atoms with Crippen LogP contribution in [0.2, 0.25) is 18.1 Å². The second kappa shape index (κ2) is 12.9. The van der Waals surface area contributed by atoms with Crippen molar-refractivity contribution in [3.8, 4) is 5.75 Å². The Kier molecular flexibility index (Phi) is 9.34. The van der Waals surface area contributed by atoms with Crippen LogP contribution in [0.25, 0.3) is 0 Å². The van der Waals surface area contributed by atoms with Gasteiger partial charge in [0, 0.05) is 12.3 Å². The van der Waals surface area contributed by atoms with Gasteiger partial charge in [-0.05, 0) is 47.0 Å². The predicted molar refractivity (Wildman–Crippen MR) is 175 cm³/mol. The molecule has 0 amide bonds. The van der Waals surface area contributed by atoms with Gasteiger partial charge in [-0.3, -0.25) is 14.3 Å². The second-order valence-electron chi connectivity index (χ2n) is 12.9. The first kappa shape index (κ1) is 32.6. The molecule has 2 N–H and O–H groups in total. The Morgan fingerprint density at radius 2 is 1.42 bits per heavy atom. The van der Waals surface area contributed by atoms with Gasteiger partial charge in [-0.2, -0.15) is 0 Å². The van der Waals surface area contributed by atoms with Gasteiger partial charge in [0.05, 0.1) is 13.7 Å². The molecule has 1 aliphatic heterocycles. The number of hydrogen-bond donors (Lipinski definition) is 2. The summed E-state index contributed by atoms with van der Waals surface area (Å²) < 4.78 is 26.9. The van der Waals surface area contributed by atoms with Crippen molar-refractivity contribution in [2.24, 2.45) is 0 Å². The van der Waals surface area contributed by atoms with E-state index in [2.05, 4.69) is 38.8 Å². The Morgan fingerprint density at radius 1 is 0.867 bits per heavy atom. The highest BCUT2D eigenvalue weighted by Gasteiger charge is 2.51. The summed E-state index contributed by atoms with van der Waals surface area (Å²) in [6.07, 6.45) is -2.54. The van der Waals surface area contributed by atoms with Crippen LogP contribution in [0.3, 0.4) is 0 Å². The summed E-state index contributed by atoms with van der Waals surface area (Å²) in [4.78, 5) is 26.9. The number of rotatable bonds is 10. The lowest BCUT2D eigenvalue weighted by Gasteiger charge is -2.41. The van der Waals surface area contributed by atoms with Crippen molar-refractivity contribution in [1.29, 1.82) is 0 Å². The summed E-state index contributed by atoms with van der Waals surface area (Å²) in [7, 11) is -0.811. The van der Waals surface area contributed by atoms with E-state index in [-0.39, 0.29) is 11.6 Å². The number of methoxy groups -OCH3 is 1. The standard InChI is InChI=1S/C35H42N2O7Si/c1-34(2,3)45(5,6)44-31-28(43-32(30(31)39)37-22-21-29(38)36-33(37)40)23-42-35(24-13-9-7-10-14-24,25-15-11-8-12-16-25)26-17-19-27(41-4)20-18-26/h7-22,28,30-32,39H,23H2,1-6H3,(H,36,38,40)/t28-,30-,31-,32-/m1/s1. The van der Waals surface area contributed by atoms with Crippen LogP contribution in [0.5, 0.6) is 5.75 Å². The maximum absolute atomic E-state index is 12.8. The van der Waals surface area contributed by atoms with Gasteiger partial charge >= 0.3 is 5.69 Å². The van der Waals surface area contributed by atoms with Gasteiger partial charge in [-0.15, -0.1) is 0 Å². The number of aliphatic hydroxyl groups excluding tert-OH is 1. The molecule has 5 rings (SSSR count). The minimum absolute atomic E-state index is 0.0147. The Balaban J connectivity index is 1.60. The number of aromatic nitrogens is 2. The fourth-order valence-corrected chi connectivity index (χ4v) is 6.83. The van der Waals surface area contributed by atoms with Crippen molar-refractivity contribution in [2.75, 3.05) is 13.7 Å². The second-order valence-corrected chi connectivity index (χ2v) is 17.6. The molecule has 4 aromatic rings. The average Bonchev–Trinajstić information content (AvgIpc) is 3.32. The van der Waals surface area contributed by atoms with E-state index in [1.807, 2.05) is 84.9 Å².